The lowest BCUT2D eigenvalue weighted by Crippen LogP contribution is -1.92. The molecule has 0 radical (unpaired) electrons. The Hall–Kier alpha value is -1.40. The van der Waals surface area contributed by atoms with Gasteiger partial charge in [0.2, 0.25) is 5.16 Å². The summed E-state index contributed by atoms with van der Waals surface area (Å²) >= 11 is 1.38. The van der Waals surface area contributed by atoms with E-state index >= 15 is 0 Å². The molecule has 84 valence electrons. The molecule has 0 aliphatic heterocycles. The summed E-state index contributed by atoms with van der Waals surface area (Å²) in [5, 5.41) is 17.6. The second-order valence-corrected chi connectivity index (χ2v) is 4.40. The van der Waals surface area contributed by atoms with Crippen molar-refractivity contribution >= 4 is 11.8 Å². The Labute approximate surface area is 97.3 Å². The minimum Gasteiger partial charge on any atom is -0.389 e. The molecule has 0 aliphatic rings. The van der Waals surface area contributed by atoms with E-state index in [1.807, 2.05) is 19.1 Å². The zero-order valence-corrected chi connectivity index (χ0v) is 9.82. The van der Waals surface area contributed by atoms with Gasteiger partial charge in [-0.25, -0.2) is 9.97 Å². The van der Waals surface area contributed by atoms with Crippen LogP contribution >= 0.6 is 11.8 Å². The topological polar surface area (TPSA) is 74.7 Å². The lowest BCUT2D eigenvalue weighted by molar-refractivity contribution is 0.198. The van der Waals surface area contributed by atoms with Crippen LogP contribution in [0.1, 0.15) is 24.4 Å². The molecule has 0 aliphatic carbocycles. The van der Waals surface area contributed by atoms with Crippen molar-refractivity contribution < 1.29 is 5.11 Å². The van der Waals surface area contributed by atoms with Gasteiger partial charge in [-0.05, 0) is 37.2 Å². The Morgan fingerprint density at radius 3 is 2.75 bits per heavy atom. The first-order valence-corrected chi connectivity index (χ1v) is 5.67. The molecule has 6 heteroatoms. The lowest BCUT2D eigenvalue weighted by atomic mass is 10.2. The van der Waals surface area contributed by atoms with Crippen molar-refractivity contribution in [3.8, 4) is 0 Å². The largest absolute Gasteiger partial charge is 0.389 e. The van der Waals surface area contributed by atoms with Crippen molar-refractivity contribution in [3.05, 3.63) is 29.7 Å². The highest BCUT2D eigenvalue weighted by Crippen LogP contribution is 2.23. The van der Waals surface area contributed by atoms with Crippen LogP contribution in [-0.2, 0) is 0 Å². The highest BCUT2D eigenvalue weighted by atomic mass is 32.2. The molecule has 0 spiro atoms. The number of pyridine rings is 1. The Kier molecular flexibility index (Phi) is 3.21. The highest BCUT2D eigenvalue weighted by Gasteiger charge is 2.05. The first-order chi connectivity index (χ1) is 7.65. The molecule has 5 nitrogen and oxygen atoms in total. The quantitative estimate of drug-likeness (QED) is 0.848. The van der Waals surface area contributed by atoms with Gasteiger partial charge in [-0.15, -0.1) is 5.10 Å². The molecule has 1 atom stereocenters. The van der Waals surface area contributed by atoms with Crippen LogP contribution in [0, 0.1) is 6.92 Å². The molecule has 2 aromatic rings. The van der Waals surface area contributed by atoms with Crippen molar-refractivity contribution in [1.82, 2.24) is 20.2 Å². The van der Waals surface area contributed by atoms with Crippen LogP contribution in [0.5, 0.6) is 0 Å². The van der Waals surface area contributed by atoms with Crippen LogP contribution in [-0.4, -0.2) is 25.3 Å². The summed E-state index contributed by atoms with van der Waals surface area (Å²) in [6, 6.07) is 3.69. The molecule has 2 N–H and O–H groups in total. The van der Waals surface area contributed by atoms with Crippen molar-refractivity contribution in [1.29, 1.82) is 0 Å². The van der Waals surface area contributed by atoms with Gasteiger partial charge in [-0.1, -0.05) is 6.07 Å². The van der Waals surface area contributed by atoms with Gasteiger partial charge in [0.25, 0.3) is 0 Å². The number of aliphatic hydroxyl groups is 1. The second-order valence-electron chi connectivity index (χ2n) is 3.41. The number of nitrogens with one attached hydrogen (secondary N) is 1. The Balaban J connectivity index is 2.11. The molecule has 0 fully saturated rings. The first-order valence-electron chi connectivity index (χ1n) is 4.86. The lowest BCUT2D eigenvalue weighted by Gasteiger charge is -2.03. The third-order valence-corrected chi connectivity index (χ3v) is 2.83. The molecule has 0 bridgehead atoms. The number of hydrogen-bond acceptors (Lipinski definition) is 5. The molecule has 2 heterocycles. The summed E-state index contributed by atoms with van der Waals surface area (Å²) in [7, 11) is 0. The van der Waals surface area contributed by atoms with E-state index in [-0.39, 0.29) is 0 Å². The molecule has 2 aromatic heterocycles. The van der Waals surface area contributed by atoms with Crippen LogP contribution in [0.25, 0.3) is 0 Å². The summed E-state index contributed by atoms with van der Waals surface area (Å²) in [6.07, 6.45) is 1.17. The molecule has 0 aromatic carbocycles. The average Bonchev–Trinajstić information content (AvgIpc) is 2.65. The van der Waals surface area contributed by atoms with E-state index in [1.54, 1.807) is 13.1 Å². The number of nitrogens with zero attached hydrogens (tertiary/aromatic N) is 3. The van der Waals surface area contributed by atoms with Gasteiger partial charge in [-0.2, -0.15) is 0 Å². The van der Waals surface area contributed by atoms with E-state index in [0.717, 1.165) is 16.4 Å². The van der Waals surface area contributed by atoms with Gasteiger partial charge in [0.1, 0.15) is 10.9 Å². The van der Waals surface area contributed by atoms with Crippen LogP contribution in [0.4, 0.5) is 0 Å². The van der Waals surface area contributed by atoms with Gasteiger partial charge < -0.3 is 5.11 Å². The van der Waals surface area contributed by atoms with Crippen molar-refractivity contribution in [2.45, 2.75) is 30.1 Å². The molecular weight excluding hydrogens is 224 g/mol. The number of aromatic nitrogens is 4. The summed E-state index contributed by atoms with van der Waals surface area (Å²) < 4.78 is 0. The third kappa shape index (κ3) is 2.59. The van der Waals surface area contributed by atoms with E-state index in [9.17, 15) is 5.11 Å². The number of aromatic amines is 1. The van der Waals surface area contributed by atoms with E-state index in [4.69, 9.17) is 0 Å². The maximum atomic E-state index is 9.33. The standard InChI is InChI=1S/C10H12N4OS/c1-6(15)8-3-4-9(11-5-8)16-10-12-7(2)13-14-10/h3-6,15H,1-2H3,(H,12,13,14)/t6-/m1/s1. The van der Waals surface area contributed by atoms with Crippen molar-refractivity contribution in [3.63, 3.8) is 0 Å². The van der Waals surface area contributed by atoms with Gasteiger partial charge in [-0.3, -0.25) is 5.10 Å². The van der Waals surface area contributed by atoms with Crippen LogP contribution in [0.15, 0.2) is 28.5 Å². The predicted molar refractivity (Wildman–Crippen MR) is 60.1 cm³/mol. The predicted octanol–water partition coefficient (Wildman–Crippen LogP) is 1.71. The van der Waals surface area contributed by atoms with Crippen molar-refractivity contribution in [2.75, 3.05) is 0 Å². The third-order valence-electron chi connectivity index (χ3n) is 2.01. The van der Waals surface area contributed by atoms with Crippen LogP contribution < -0.4 is 0 Å². The Morgan fingerprint density at radius 1 is 1.44 bits per heavy atom. The smallest absolute Gasteiger partial charge is 0.214 e. The summed E-state index contributed by atoms with van der Waals surface area (Å²) in [6.45, 7) is 3.56. The summed E-state index contributed by atoms with van der Waals surface area (Å²) in [5.74, 6) is 0.781. The number of rotatable bonds is 3. The van der Waals surface area contributed by atoms with E-state index in [0.29, 0.717) is 5.16 Å². The second kappa shape index (κ2) is 4.63. The number of aryl methyl sites for hydroxylation is 1. The fraction of sp³-hybridized carbons (Fsp3) is 0.300. The molecule has 16 heavy (non-hydrogen) atoms. The van der Waals surface area contributed by atoms with Crippen LogP contribution in [0.3, 0.4) is 0 Å². The monoisotopic (exact) mass is 236 g/mol. The Bertz CT molecular complexity index is 466. The minimum atomic E-state index is -0.489. The van der Waals surface area contributed by atoms with Gasteiger partial charge in [0.05, 0.1) is 6.10 Å². The Morgan fingerprint density at radius 2 is 2.25 bits per heavy atom. The van der Waals surface area contributed by atoms with Gasteiger partial charge in [0.15, 0.2) is 0 Å². The number of H-pyrrole nitrogens is 1. The highest BCUT2D eigenvalue weighted by molar-refractivity contribution is 7.99. The number of aliphatic hydroxyl groups excluding tert-OH is 1. The molecule has 0 unspecified atom stereocenters. The fourth-order valence-electron chi connectivity index (χ4n) is 1.16. The molecule has 0 amide bonds. The van der Waals surface area contributed by atoms with Gasteiger partial charge >= 0.3 is 0 Å². The maximum Gasteiger partial charge on any atom is 0.214 e. The molecule has 0 saturated heterocycles. The maximum absolute atomic E-state index is 9.33. The van der Waals surface area contributed by atoms with Crippen LogP contribution in [0.2, 0.25) is 0 Å². The van der Waals surface area contributed by atoms with E-state index in [2.05, 4.69) is 20.2 Å². The first kappa shape index (κ1) is 11.1. The molecule has 2 rings (SSSR count). The average molecular weight is 236 g/mol. The molecular formula is C10H12N4OS. The van der Waals surface area contributed by atoms with Gasteiger partial charge in [0, 0.05) is 6.20 Å². The minimum absolute atomic E-state index is 0.489. The van der Waals surface area contributed by atoms with E-state index in [1.165, 1.54) is 11.8 Å². The number of hydrogen-bond donors (Lipinski definition) is 2. The molecule has 0 saturated carbocycles. The SMILES string of the molecule is Cc1nc(Sc2ccc([C@@H](C)O)cn2)n[nH]1. The normalized spacial score (nSPS) is 12.7. The zero-order valence-electron chi connectivity index (χ0n) is 9.01. The summed E-state index contributed by atoms with van der Waals surface area (Å²) in [4.78, 5) is 8.38. The zero-order chi connectivity index (χ0) is 11.5. The van der Waals surface area contributed by atoms with E-state index < -0.39 is 6.10 Å². The fourth-order valence-corrected chi connectivity index (χ4v) is 1.86. The summed E-state index contributed by atoms with van der Waals surface area (Å²) in [5.41, 5.74) is 0.801. The van der Waals surface area contributed by atoms with Crippen molar-refractivity contribution in [2.24, 2.45) is 0 Å².